The predicted molar refractivity (Wildman–Crippen MR) is 101 cm³/mol. The van der Waals surface area contributed by atoms with Crippen LogP contribution in [0.3, 0.4) is 0 Å². The Kier molecular flexibility index (Phi) is 4.35. The molecule has 0 saturated carbocycles. The van der Waals surface area contributed by atoms with Crippen LogP contribution in [0.25, 0.3) is 15.9 Å². The van der Waals surface area contributed by atoms with Crippen molar-refractivity contribution in [3.05, 3.63) is 81.6 Å². The number of benzene rings is 2. The highest BCUT2D eigenvalue weighted by Crippen LogP contribution is 2.21. The molecular formula is C18H13N5O3S. The van der Waals surface area contributed by atoms with Crippen molar-refractivity contribution in [1.82, 2.24) is 20.1 Å². The third-order valence-electron chi connectivity index (χ3n) is 3.91. The van der Waals surface area contributed by atoms with Gasteiger partial charge < -0.3 is 5.32 Å². The van der Waals surface area contributed by atoms with Gasteiger partial charge in [0.25, 0.3) is 11.6 Å². The van der Waals surface area contributed by atoms with Crippen LogP contribution in [-0.4, -0.2) is 25.6 Å². The lowest BCUT2D eigenvalue weighted by atomic mass is 10.3. The summed E-state index contributed by atoms with van der Waals surface area (Å²) in [5, 5.41) is 18.5. The molecule has 0 aliphatic carbocycles. The maximum Gasteiger partial charge on any atom is 0.269 e. The van der Waals surface area contributed by atoms with Crippen molar-refractivity contribution < 1.29 is 9.72 Å². The van der Waals surface area contributed by atoms with Crippen molar-refractivity contribution in [3.63, 3.8) is 0 Å². The number of rotatable bonds is 5. The van der Waals surface area contributed by atoms with Crippen molar-refractivity contribution in [1.29, 1.82) is 0 Å². The highest BCUT2D eigenvalue weighted by atomic mass is 32.1. The van der Waals surface area contributed by atoms with Crippen molar-refractivity contribution in [3.8, 4) is 5.69 Å². The predicted octanol–water partition coefficient (Wildman–Crippen LogP) is 3.32. The summed E-state index contributed by atoms with van der Waals surface area (Å²) in [5.41, 5.74) is 1.94. The van der Waals surface area contributed by atoms with Gasteiger partial charge in [-0.25, -0.2) is 9.67 Å². The van der Waals surface area contributed by atoms with Gasteiger partial charge in [0.2, 0.25) is 0 Å². The molecule has 1 N–H and O–H groups in total. The average Bonchev–Trinajstić information content (AvgIpc) is 3.33. The molecule has 0 bridgehead atoms. The summed E-state index contributed by atoms with van der Waals surface area (Å²) in [4.78, 5) is 27.1. The fourth-order valence-corrected chi connectivity index (χ4v) is 3.47. The molecule has 9 heteroatoms. The SMILES string of the molecule is O=C(NCc1nc2ccccc2s1)c1cnn(-c2ccc([N+](=O)[O-])cc2)c1. The number of hydrogen-bond acceptors (Lipinski definition) is 6. The van der Waals surface area contributed by atoms with E-state index in [4.69, 9.17) is 0 Å². The fourth-order valence-electron chi connectivity index (χ4n) is 2.56. The van der Waals surface area contributed by atoms with Crippen LogP contribution < -0.4 is 5.32 Å². The lowest BCUT2D eigenvalue weighted by Gasteiger charge is -2.01. The Hall–Kier alpha value is -3.59. The summed E-state index contributed by atoms with van der Waals surface area (Å²) in [5.74, 6) is -0.262. The highest BCUT2D eigenvalue weighted by Gasteiger charge is 2.12. The van der Waals surface area contributed by atoms with E-state index in [1.807, 2.05) is 24.3 Å². The number of thiazole rings is 1. The summed E-state index contributed by atoms with van der Waals surface area (Å²) in [6.07, 6.45) is 3.03. The lowest BCUT2D eigenvalue weighted by molar-refractivity contribution is -0.384. The number of nitro benzene ring substituents is 1. The number of para-hydroxylation sites is 1. The number of fused-ring (bicyclic) bond motifs is 1. The largest absolute Gasteiger partial charge is 0.345 e. The molecule has 0 radical (unpaired) electrons. The molecule has 0 spiro atoms. The Morgan fingerprint density at radius 3 is 2.70 bits per heavy atom. The molecule has 0 aliphatic rings. The average molecular weight is 379 g/mol. The van der Waals surface area contributed by atoms with Gasteiger partial charge in [0, 0.05) is 18.3 Å². The van der Waals surface area contributed by atoms with Crippen molar-refractivity contribution in [2.75, 3.05) is 0 Å². The zero-order valence-corrected chi connectivity index (χ0v) is 14.7. The second kappa shape index (κ2) is 6.96. The van der Waals surface area contributed by atoms with Gasteiger partial charge in [-0.3, -0.25) is 14.9 Å². The number of carbonyl (C=O) groups is 1. The topological polar surface area (TPSA) is 103 Å². The van der Waals surface area contributed by atoms with Gasteiger partial charge in [-0.2, -0.15) is 5.10 Å². The fraction of sp³-hybridized carbons (Fsp3) is 0.0556. The third kappa shape index (κ3) is 3.53. The number of nitrogens with zero attached hydrogens (tertiary/aromatic N) is 4. The smallest absolute Gasteiger partial charge is 0.269 e. The quantitative estimate of drug-likeness (QED) is 0.423. The van der Waals surface area contributed by atoms with Crippen LogP contribution in [0.4, 0.5) is 5.69 Å². The van der Waals surface area contributed by atoms with Gasteiger partial charge >= 0.3 is 0 Å². The normalized spacial score (nSPS) is 10.8. The van der Waals surface area contributed by atoms with E-state index < -0.39 is 4.92 Å². The Balaban J connectivity index is 1.44. The van der Waals surface area contributed by atoms with Crippen LogP contribution in [0, 0.1) is 10.1 Å². The second-order valence-electron chi connectivity index (χ2n) is 5.71. The van der Waals surface area contributed by atoms with E-state index in [9.17, 15) is 14.9 Å². The molecular weight excluding hydrogens is 366 g/mol. The van der Waals surface area contributed by atoms with E-state index in [0.717, 1.165) is 15.2 Å². The number of amides is 1. The Bertz CT molecular complexity index is 1100. The number of aromatic nitrogens is 3. The molecule has 1 amide bonds. The van der Waals surface area contributed by atoms with E-state index in [1.54, 1.807) is 18.3 Å². The molecule has 27 heavy (non-hydrogen) atoms. The summed E-state index contributed by atoms with van der Waals surface area (Å²) >= 11 is 1.54. The molecule has 4 rings (SSSR count). The van der Waals surface area contributed by atoms with Gasteiger partial charge in [0.05, 0.1) is 39.1 Å². The second-order valence-corrected chi connectivity index (χ2v) is 6.82. The number of nitrogens with one attached hydrogen (secondary N) is 1. The lowest BCUT2D eigenvalue weighted by Crippen LogP contribution is -2.22. The van der Waals surface area contributed by atoms with Crippen LogP contribution in [0.1, 0.15) is 15.4 Å². The van der Waals surface area contributed by atoms with Crippen LogP contribution in [0.15, 0.2) is 60.9 Å². The first-order valence-corrected chi connectivity index (χ1v) is 8.84. The first kappa shape index (κ1) is 16.9. The number of hydrogen-bond donors (Lipinski definition) is 1. The molecule has 0 unspecified atom stereocenters. The van der Waals surface area contributed by atoms with Gasteiger partial charge in [-0.05, 0) is 24.3 Å². The van der Waals surface area contributed by atoms with Crippen LogP contribution in [-0.2, 0) is 6.54 Å². The first-order chi connectivity index (χ1) is 13.1. The van der Waals surface area contributed by atoms with Gasteiger partial charge in [-0.1, -0.05) is 12.1 Å². The standard InChI is InChI=1S/C18H13N5O3S/c24-18(19-10-17-21-15-3-1-2-4-16(15)27-17)12-9-20-22(11-12)13-5-7-14(8-6-13)23(25)26/h1-9,11H,10H2,(H,19,24). The molecule has 2 aromatic carbocycles. The first-order valence-electron chi connectivity index (χ1n) is 8.02. The van der Waals surface area contributed by atoms with E-state index in [0.29, 0.717) is 17.8 Å². The Labute approximate surface area is 157 Å². The minimum absolute atomic E-state index is 0.000271. The molecule has 8 nitrogen and oxygen atoms in total. The van der Waals surface area contributed by atoms with Crippen molar-refractivity contribution in [2.45, 2.75) is 6.54 Å². The Morgan fingerprint density at radius 2 is 1.96 bits per heavy atom. The monoisotopic (exact) mass is 379 g/mol. The van der Waals surface area contributed by atoms with E-state index in [1.165, 1.54) is 34.3 Å². The third-order valence-corrected chi connectivity index (χ3v) is 4.94. The van der Waals surface area contributed by atoms with Crippen molar-refractivity contribution >= 4 is 33.1 Å². The molecule has 2 aromatic heterocycles. The van der Waals surface area contributed by atoms with Crippen LogP contribution in [0.5, 0.6) is 0 Å². The summed E-state index contributed by atoms with van der Waals surface area (Å²) in [7, 11) is 0. The maximum absolute atomic E-state index is 12.3. The number of carbonyl (C=O) groups excluding carboxylic acids is 1. The van der Waals surface area contributed by atoms with E-state index in [-0.39, 0.29) is 11.6 Å². The summed E-state index contributed by atoms with van der Waals surface area (Å²) in [6, 6.07) is 13.8. The minimum atomic E-state index is -0.465. The molecule has 0 fully saturated rings. The van der Waals surface area contributed by atoms with Crippen molar-refractivity contribution in [2.24, 2.45) is 0 Å². The minimum Gasteiger partial charge on any atom is -0.345 e. The zero-order chi connectivity index (χ0) is 18.8. The summed E-state index contributed by atoms with van der Waals surface area (Å²) in [6.45, 7) is 0.334. The number of non-ortho nitro benzene ring substituents is 1. The van der Waals surface area contributed by atoms with Crippen LogP contribution >= 0.6 is 11.3 Å². The molecule has 134 valence electrons. The van der Waals surface area contributed by atoms with Crippen LogP contribution in [0.2, 0.25) is 0 Å². The Morgan fingerprint density at radius 1 is 1.19 bits per heavy atom. The van der Waals surface area contributed by atoms with Gasteiger partial charge in [0.15, 0.2) is 0 Å². The molecule has 0 aliphatic heterocycles. The molecule has 0 saturated heterocycles. The van der Waals surface area contributed by atoms with E-state index >= 15 is 0 Å². The molecule has 0 atom stereocenters. The maximum atomic E-state index is 12.3. The van der Waals surface area contributed by atoms with Gasteiger partial charge in [0.1, 0.15) is 5.01 Å². The zero-order valence-electron chi connectivity index (χ0n) is 13.9. The number of nitro groups is 1. The van der Waals surface area contributed by atoms with E-state index in [2.05, 4.69) is 15.4 Å². The molecule has 2 heterocycles. The molecule has 4 aromatic rings. The highest BCUT2D eigenvalue weighted by molar-refractivity contribution is 7.18. The van der Waals surface area contributed by atoms with Gasteiger partial charge in [-0.15, -0.1) is 11.3 Å². The summed E-state index contributed by atoms with van der Waals surface area (Å²) < 4.78 is 2.57.